The number of aromatic nitrogens is 5. The maximum atomic E-state index is 6.41. The van der Waals surface area contributed by atoms with Gasteiger partial charge in [-0.15, -0.1) is 15.3 Å². The maximum Gasteiger partial charge on any atom is 0.248 e. The minimum absolute atomic E-state index is 0.297. The second-order valence-electron chi connectivity index (χ2n) is 16.2. The van der Waals surface area contributed by atoms with Crippen molar-refractivity contribution in [2.45, 2.75) is 76.7 Å². The van der Waals surface area contributed by atoms with Crippen LogP contribution in [0.3, 0.4) is 0 Å². The van der Waals surface area contributed by atoms with Crippen molar-refractivity contribution in [3.63, 3.8) is 0 Å². The van der Waals surface area contributed by atoms with E-state index < -0.39 is 0 Å². The number of rotatable bonds is 8. The molecule has 6 aliphatic rings. The third-order valence-electron chi connectivity index (χ3n) is 13.1. The topological polar surface area (TPSA) is 97.8 Å². The molecule has 0 amide bonds. The Morgan fingerprint density at radius 2 is 1.48 bits per heavy atom. The fraction of sp³-hybridized carbons (Fsp3) is 0.476. The van der Waals surface area contributed by atoms with E-state index in [-0.39, 0.29) is 0 Å². The molecule has 8 heteroatoms. The number of hydrogen-bond acceptors (Lipinski definition) is 7. The van der Waals surface area contributed by atoms with Gasteiger partial charge in [0, 0.05) is 30.4 Å². The first-order valence-electron chi connectivity index (χ1n) is 19.3. The summed E-state index contributed by atoms with van der Waals surface area (Å²) in [5.74, 6) is 6.35. The quantitative estimate of drug-likeness (QED) is 0.149. The van der Waals surface area contributed by atoms with Crippen LogP contribution in [0.1, 0.15) is 67.2 Å². The van der Waals surface area contributed by atoms with Crippen LogP contribution in [0.15, 0.2) is 72.8 Å². The van der Waals surface area contributed by atoms with Gasteiger partial charge < -0.3 is 11.1 Å². The lowest BCUT2D eigenvalue weighted by atomic mass is 9.89. The molecule has 256 valence electrons. The molecule has 50 heavy (non-hydrogen) atoms. The lowest BCUT2D eigenvalue weighted by Crippen LogP contribution is -2.43. The predicted molar refractivity (Wildman–Crippen MR) is 198 cm³/mol. The summed E-state index contributed by atoms with van der Waals surface area (Å²) in [5.41, 5.74) is 15.0. The van der Waals surface area contributed by atoms with Crippen LogP contribution in [0.4, 0.5) is 17.6 Å². The van der Waals surface area contributed by atoms with Crippen LogP contribution in [0.25, 0.3) is 17.1 Å². The minimum atomic E-state index is 0.297. The van der Waals surface area contributed by atoms with Crippen LogP contribution >= 0.6 is 0 Å². The number of benzene rings is 2. The first-order valence-corrected chi connectivity index (χ1v) is 19.3. The van der Waals surface area contributed by atoms with Crippen molar-refractivity contribution in [3.8, 4) is 17.1 Å². The standard InChI is InChI=1S/C42H48N8/c43-41-45-42(48-50(41)39-23-33-6-3-5-29-4-1-2-7-38(29)40(33)47-46-39)44-36-15-12-28-13-16-37(17-14-32(28)22-36)49(24-34-20-26-8-10-30(34)18-26)25-35-21-27-9-11-31(35)19-27/h1-2,4,7-12,15,22-23,26-27,30-31,34-35,37H,3,5-6,13-14,16-21,24-25H2,(H3,43,44,45,48)/t26?,27?,30?,31?,34?,35?,37-/m0/s1. The van der Waals surface area contributed by atoms with E-state index in [4.69, 9.17) is 10.8 Å². The first kappa shape index (κ1) is 30.5. The van der Waals surface area contributed by atoms with Gasteiger partial charge in [0.05, 0.1) is 5.69 Å². The molecule has 2 fully saturated rings. The van der Waals surface area contributed by atoms with Crippen molar-refractivity contribution in [2.24, 2.45) is 35.5 Å². The molecule has 10 rings (SSSR count). The molecular formula is C42H48N8. The summed E-state index contributed by atoms with van der Waals surface area (Å²) in [7, 11) is 0. The molecule has 6 aliphatic carbocycles. The first-order chi connectivity index (χ1) is 24.6. The molecule has 4 aromatic rings. The molecule has 8 nitrogen and oxygen atoms in total. The number of anilines is 3. The lowest BCUT2D eigenvalue weighted by molar-refractivity contribution is 0.114. The van der Waals surface area contributed by atoms with E-state index in [1.807, 2.05) is 0 Å². The Hall–Kier alpha value is -4.30. The van der Waals surface area contributed by atoms with Crippen molar-refractivity contribution >= 4 is 17.6 Å². The van der Waals surface area contributed by atoms with Crippen molar-refractivity contribution in [2.75, 3.05) is 24.1 Å². The Morgan fingerprint density at radius 3 is 2.22 bits per heavy atom. The Kier molecular flexibility index (Phi) is 7.62. The average molecular weight is 665 g/mol. The van der Waals surface area contributed by atoms with Gasteiger partial charge in [-0.1, -0.05) is 54.6 Å². The molecule has 2 heterocycles. The molecule has 2 aromatic heterocycles. The summed E-state index contributed by atoms with van der Waals surface area (Å²) in [6.45, 7) is 2.57. The zero-order valence-electron chi connectivity index (χ0n) is 28.9. The third-order valence-corrected chi connectivity index (χ3v) is 13.1. The van der Waals surface area contributed by atoms with Crippen LogP contribution in [0.2, 0.25) is 0 Å². The Balaban J connectivity index is 0.843. The number of allylic oxidation sites excluding steroid dienone is 4. The summed E-state index contributed by atoms with van der Waals surface area (Å²) in [4.78, 5) is 7.56. The molecule has 3 N–H and O–H groups in total. The van der Waals surface area contributed by atoms with Gasteiger partial charge in [-0.2, -0.15) is 9.67 Å². The van der Waals surface area contributed by atoms with E-state index in [2.05, 4.69) is 98.2 Å². The van der Waals surface area contributed by atoms with Crippen LogP contribution in [0, 0.1) is 35.5 Å². The van der Waals surface area contributed by atoms with Gasteiger partial charge >= 0.3 is 0 Å². The molecule has 4 bridgehead atoms. The highest BCUT2D eigenvalue weighted by Crippen LogP contribution is 2.47. The average Bonchev–Trinajstić information content (AvgIpc) is 3.96. The fourth-order valence-corrected chi connectivity index (χ4v) is 10.6. The molecular weight excluding hydrogens is 617 g/mol. The van der Waals surface area contributed by atoms with Gasteiger partial charge in [0.15, 0.2) is 5.82 Å². The number of nitrogens with one attached hydrogen (secondary N) is 1. The largest absolute Gasteiger partial charge is 0.368 e. The highest BCUT2D eigenvalue weighted by atomic mass is 15.4. The summed E-state index contributed by atoms with van der Waals surface area (Å²) in [6.07, 6.45) is 23.5. The molecule has 6 unspecified atom stereocenters. The lowest BCUT2D eigenvalue weighted by Gasteiger charge is -2.38. The third kappa shape index (κ3) is 5.66. The highest BCUT2D eigenvalue weighted by molar-refractivity contribution is 5.68. The summed E-state index contributed by atoms with van der Waals surface area (Å²) >= 11 is 0. The second-order valence-corrected chi connectivity index (χ2v) is 16.2. The van der Waals surface area contributed by atoms with Crippen molar-refractivity contribution in [3.05, 3.63) is 95.1 Å². The molecule has 2 aromatic carbocycles. The van der Waals surface area contributed by atoms with E-state index >= 15 is 0 Å². The Bertz CT molecular complexity index is 1940. The summed E-state index contributed by atoms with van der Waals surface area (Å²) in [5, 5.41) is 17.4. The zero-order chi connectivity index (χ0) is 33.2. The van der Waals surface area contributed by atoms with Crippen LogP contribution < -0.4 is 11.1 Å². The van der Waals surface area contributed by atoms with Crippen LogP contribution in [-0.2, 0) is 25.7 Å². The van der Waals surface area contributed by atoms with Gasteiger partial charge in [0.25, 0.3) is 0 Å². The molecule has 0 spiro atoms. The monoisotopic (exact) mass is 664 g/mol. The van der Waals surface area contributed by atoms with Crippen molar-refractivity contribution in [1.29, 1.82) is 0 Å². The van der Waals surface area contributed by atoms with Gasteiger partial charge in [-0.25, -0.2) is 0 Å². The number of aryl methyl sites for hydroxylation is 4. The highest BCUT2D eigenvalue weighted by Gasteiger charge is 2.41. The van der Waals surface area contributed by atoms with Crippen LogP contribution in [0.5, 0.6) is 0 Å². The minimum Gasteiger partial charge on any atom is -0.368 e. The second kappa shape index (κ2) is 12.5. The Labute approximate surface area is 295 Å². The normalized spacial score (nSPS) is 28.8. The molecule has 2 saturated carbocycles. The summed E-state index contributed by atoms with van der Waals surface area (Å²) < 4.78 is 1.60. The van der Waals surface area contributed by atoms with Crippen molar-refractivity contribution < 1.29 is 0 Å². The SMILES string of the molecule is Nc1nc(Nc2ccc3c(c2)CC[C@@H](N(CC2CC4C=CC2C4)CC2CC4C=CC2C4)CC3)nn1-c1cc2c(nn1)-c1ccccc1CCC2. The number of hydrogen-bond donors (Lipinski definition) is 2. The zero-order valence-corrected chi connectivity index (χ0v) is 28.9. The van der Waals surface area contributed by atoms with E-state index in [1.54, 1.807) is 4.68 Å². The van der Waals surface area contributed by atoms with E-state index in [0.29, 0.717) is 23.8 Å². The van der Waals surface area contributed by atoms with E-state index in [0.717, 1.165) is 79.0 Å². The number of fused-ring (bicyclic) bond motifs is 8. The Morgan fingerprint density at radius 1 is 0.740 bits per heavy atom. The maximum absolute atomic E-state index is 6.41. The van der Waals surface area contributed by atoms with Crippen LogP contribution in [-0.4, -0.2) is 49.0 Å². The molecule has 0 aliphatic heterocycles. The number of nitrogens with two attached hydrogens (primary N) is 1. The molecule has 0 radical (unpaired) electrons. The summed E-state index contributed by atoms with van der Waals surface area (Å²) in [6, 6.07) is 18.0. The molecule has 0 saturated heterocycles. The number of nitrogen functional groups attached to an aromatic ring is 1. The van der Waals surface area contributed by atoms with Gasteiger partial charge in [-0.05, 0) is 147 Å². The van der Waals surface area contributed by atoms with Gasteiger partial charge in [0.1, 0.15) is 0 Å². The van der Waals surface area contributed by atoms with Gasteiger partial charge in [-0.3, -0.25) is 4.90 Å². The predicted octanol–water partition coefficient (Wildman–Crippen LogP) is 7.51. The molecule has 7 atom stereocenters. The van der Waals surface area contributed by atoms with Crippen molar-refractivity contribution in [1.82, 2.24) is 29.9 Å². The smallest absolute Gasteiger partial charge is 0.248 e. The van der Waals surface area contributed by atoms with E-state index in [9.17, 15) is 0 Å². The fourth-order valence-electron chi connectivity index (χ4n) is 10.6. The van der Waals surface area contributed by atoms with E-state index in [1.165, 1.54) is 79.4 Å². The number of nitrogens with zero attached hydrogens (tertiary/aromatic N) is 6. The van der Waals surface area contributed by atoms with Gasteiger partial charge in [0.2, 0.25) is 11.9 Å².